The smallest absolute Gasteiger partial charge is 0.310 e. The first-order valence-electron chi connectivity index (χ1n) is 5.25. The zero-order chi connectivity index (χ0) is 11.7. The van der Waals surface area contributed by atoms with Crippen LogP contribution in [0.3, 0.4) is 0 Å². The van der Waals surface area contributed by atoms with E-state index in [1.54, 1.807) is 31.2 Å². The van der Waals surface area contributed by atoms with Crippen molar-refractivity contribution in [3.63, 3.8) is 0 Å². The van der Waals surface area contributed by atoms with Crippen LogP contribution in [0.25, 0.3) is 0 Å². The number of carboxylic acids is 1. The van der Waals surface area contributed by atoms with Crippen LogP contribution < -0.4 is 4.74 Å². The molecule has 4 heteroatoms. The maximum Gasteiger partial charge on any atom is 0.310 e. The first-order valence-corrected chi connectivity index (χ1v) is 5.25. The van der Waals surface area contributed by atoms with Gasteiger partial charge in [0.25, 0.3) is 0 Å². The molecule has 16 heavy (non-hydrogen) atoms. The molecule has 0 saturated heterocycles. The molecule has 1 unspecified atom stereocenters. The van der Waals surface area contributed by atoms with Crippen LogP contribution in [0.2, 0.25) is 0 Å². The number of rotatable bonds is 4. The molecule has 2 N–H and O–H groups in total. The number of carbonyl (C=O) groups is 1. The Kier molecular flexibility index (Phi) is 2.83. The van der Waals surface area contributed by atoms with Gasteiger partial charge in [0, 0.05) is 6.42 Å². The summed E-state index contributed by atoms with van der Waals surface area (Å²) in [6.07, 6.45) is -0.121. The normalized spacial score (nSPS) is 24.9. The second kappa shape index (κ2) is 4.14. The minimum atomic E-state index is -0.800. The third-order valence-electron chi connectivity index (χ3n) is 2.70. The minimum absolute atomic E-state index is 0.199. The zero-order valence-electron chi connectivity index (χ0n) is 8.96. The van der Waals surface area contributed by atoms with Crippen molar-refractivity contribution in [3.8, 4) is 5.75 Å². The Morgan fingerprint density at radius 3 is 2.50 bits per heavy atom. The number of aliphatic carboxylic acids is 1. The van der Waals surface area contributed by atoms with Gasteiger partial charge in [-0.3, -0.25) is 4.79 Å². The second-order valence-electron chi connectivity index (χ2n) is 4.08. The summed E-state index contributed by atoms with van der Waals surface area (Å²) in [5.74, 6) is -0.514. The predicted octanol–water partition coefficient (Wildman–Crippen LogP) is 1.59. The average Bonchev–Trinajstić information content (AvgIpc) is 2.98. The standard InChI is InChI=1S/C12H14O4/c1-7(13)8-2-4-9(5-3-8)16-11-6-10(11)12(14)15/h2-5,7,10-11,13H,6H2,1H3,(H,14,15)/t7?,10-,11-/m1/s1. The Bertz CT molecular complexity index is 383. The fourth-order valence-electron chi connectivity index (χ4n) is 1.56. The van der Waals surface area contributed by atoms with E-state index in [9.17, 15) is 9.90 Å². The Labute approximate surface area is 93.5 Å². The molecule has 1 aliphatic rings. The van der Waals surface area contributed by atoms with Gasteiger partial charge in [-0.05, 0) is 24.6 Å². The fourth-order valence-corrected chi connectivity index (χ4v) is 1.56. The lowest BCUT2D eigenvalue weighted by Gasteiger charge is -2.07. The van der Waals surface area contributed by atoms with Gasteiger partial charge in [-0.2, -0.15) is 0 Å². The fraction of sp³-hybridized carbons (Fsp3) is 0.417. The largest absolute Gasteiger partial charge is 0.490 e. The molecule has 1 aromatic carbocycles. The van der Waals surface area contributed by atoms with E-state index in [2.05, 4.69) is 0 Å². The van der Waals surface area contributed by atoms with E-state index in [1.165, 1.54) is 0 Å². The summed E-state index contributed by atoms with van der Waals surface area (Å²) in [5, 5.41) is 18.0. The van der Waals surface area contributed by atoms with Crippen LogP contribution in [-0.2, 0) is 4.79 Å². The molecule has 86 valence electrons. The third-order valence-corrected chi connectivity index (χ3v) is 2.70. The molecule has 1 aromatic rings. The highest BCUT2D eigenvalue weighted by atomic mass is 16.5. The van der Waals surface area contributed by atoms with Gasteiger partial charge in [-0.25, -0.2) is 0 Å². The minimum Gasteiger partial charge on any atom is -0.490 e. The van der Waals surface area contributed by atoms with Crippen molar-refractivity contribution < 1.29 is 19.7 Å². The quantitative estimate of drug-likeness (QED) is 0.811. The number of hydrogen-bond acceptors (Lipinski definition) is 3. The molecule has 1 fully saturated rings. The summed E-state index contributed by atoms with van der Waals surface area (Å²) in [7, 11) is 0. The van der Waals surface area contributed by atoms with E-state index in [0.29, 0.717) is 12.2 Å². The number of aliphatic hydroxyl groups is 1. The van der Waals surface area contributed by atoms with E-state index in [1.807, 2.05) is 0 Å². The molecule has 4 nitrogen and oxygen atoms in total. The van der Waals surface area contributed by atoms with Crippen molar-refractivity contribution in [2.45, 2.75) is 25.6 Å². The van der Waals surface area contributed by atoms with E-state index >= 15 is 0 Å². The lowest BCUT2D eigenvalue weighted by molar-refractivity contribution is -0.139. The Morgan fingerprint density at radius 2 is 2.06 bits per heavy atom. The number of benzene rings is 1. The molecule has 0 radical (unpaired) electrons. The molecular weight excluding hydrogens is 208 g/mol. The van der Waals surface area contributed by atoms with Crippen LogP contribution in [0.1, 0.15) is 25.0 Å². The van der Waals surface area contributed by atoms with Crippen LogP contribution in [0, 0.1) is 5.92 Å². The van der Waals surface area contributed by atoms with Crippen LogP contribution in [-0.4, -0.2) is 22.3 Å². The number of hydrogen-bond donors (Lipinski definition) is 2. The van der Waals surface area contributed by atoms with Crippen molar-refractivity contribution in [2.24, 2.45) is 5.92 Å². The lowest BCUT2D eigenvalue weighted by Crippen LogP contribution is -2.07. The third kappa shape index (κ3) is 2.33. The van der Waals surface area contributed by atoms with Gasteiger partial charge in [-0.15, -0.1) is 0 Å². The number of carboxylic acid groups (broad SMARTS) is 1. The summed E-state index contributed by atoms with van der Waals surface area (Å²) in [6, 6.07) is 7.05. The molecule has 0 aromatic heterocycles. The Hall–Kier alpha value is -1.55. The van der Waals surface area contributed by atoms with E-state index in [0.717, 1.165) is 5.56 Å². The van der Waals surface area contributed by atoms with Crippen LogP contribution >= 0.6 is 0 Å². The first-order chi connectivity index (χ1) is 7.58. The maximum atomic E-state index is 10.6. The SMILES string of the molecule is CC(O)c1ccc(O[C@@H]2C[C@H]2C(=O)O)cc1. The second-order valence-corrected chi connectivity index (χ2v) is 4.08. The van der Waals surface area contributed by atoms with Crippen molar-refractivity contribution in [1.29, 1.82) is 0 Å². The molecule has 2 rings (SSSR count). The van der Waals surface area contributed by atoms with Gasteiger partial charge in [0.15, 0.2) is 0 Å². The highest BCUT2D eigenvalue weighted by Crippen LogP contribution is 2.35. The van der Waals surface area contributed by atoms with Gasteiger partial charge < -0.3 is 14.9 Å². The van der Waals surface area contributed by atoms with Crippen LogP contribution in [0.5, 0.6) is 5.75 Å². The molecule has 1 saturated carbocycles. The lowest BCUT2D eigenvalue weighted by atomic mass is 10.1. The highest BCUT2D eigenvalue weighted by Gasteiger charge is 2.45. The molecule has 0 amide bonds. The summed E-state index contributed by atoms with van der Waals surface area (Å²) in [5.41, 5.74) is 0.818. The number of aliphatic hydroxyl groups excluding tert-OH is 1. The summed E-state index contributed by atoms with van der Waals surface area (Å²) in [6.45, 7) is 1.69. The monoisotopic (exact) mass is 222 g/mol. The molecular formula is C12H14O4. The molecule has 0 bridgehead atoms. The topological polar surface area (TPSA) is 66.8 Å². The Balaban J connectivity index is 1.94. The van der Waals surface area contributed by atoms with E-state index in [-0.39, 0.29) is 12.0 Å². The molecule has 0 heterocycles. The van der Waals surface area contributed by atoms with Crippen LogP contribution in [0.4, 0.5) is 0 Å². The van der Waals surface area contributed by atoms with Gasteiger partial charge >= 0.3 is 5.97 Å². The van der Waals surface area contributed by atoms with Gasteiger partial charge in [0.2, 0.25) is 0 Å². The molecule has 0 spiro atoms. The van der Waals surface area contributed by atoms with Crippen molar-refractivity contribution in [1.82, 2.24) is 0 Å². The van der Waals surface area contributed by atoms with Crippen molar-refractivity contribution >= 4 is 5.97 Å². The molecule has 1 aliphatic carbocycles. The van der Waals surface area contributed by atoms with Gasteiger partial charge in [0.1, 0.15) is 11.9 Å². The van der Waals surface area contributed by atoms with Gasteiger partial charge in [0.05, 0.1) is 12.0 Å². The average molecular weight is 222 g/mol. The molecule has 3 atom stereocenters. The van der Waals surface area contributed by atoms with Gasteiger partial charge in [-0.1, -0.05) is 12.1 Å². The summed E-state index contributed by atoms with van der Waals surface area (Å²) < 4.78 is 5.47. The first kappa shape index (κ1) is 11.0. The maximum absolute atomic E-state index is 10.6. The number of ether oxygens (including phenoxy) is 1. The predicted molar refractivity (Wildman–Crippen MR) is 57.2 cm³/mol. The van der Waals surface area contributed by atoms with E-state index < -0.39 is 12.1 Å². The molecule has 0 aliphatic heterocycles. The highest BCUT2D eigenvalue weighted by molar-refractivity contribution is 5.74. The Morgan fingerprint density at radius 1 is 1.44 bits per heavy atom. The zero-order valence-corrected chi connectivity index (χ0v) is 8.96. The van der Waals surface area contributed by atoms with Crippen LogP contribution in [0.15, 0.2) is 24.3 Å². The summed E-state index contributed by atoms with van der Waals surface area (Å²) in [4.78, 5) is 10.6. The summed E-state index contributed by atoms with van der Waals surface area (Å²) >= 11 is 0. The van der Waals surface area contributed by atoms with E-state index in [4.69, 9.17) is 9.84 Å². The van der Waals surface area contributed by atoms with Crippen molar-refractivity contribution in [2.75, 3.05) is 0 Å². The van der Waals surface area contributed by atoms with Crippen molar-refractivity contribution in [3.05, 3.63) is 29.8 Å².